The summed E-state index contributed by atoms with van der Waals surface area (Å²) in [6.07, 6.45) is 3.69. The first kappa shape index (κ1) is 7.28. The van der Waals surface area contributed by atoms with Crippen LogP contribution in [0.1, 0.15) is 19.9 Å². The van der Waals surface area contributed by atoms with E-state index in [4.69, 9.17) is 5.73 Å². The highest BCUT2D eigenvalue weighted by atomic mass is 15.3. The van der Waals surface area contributed by atoms with E-state index < -0.39 is 0 Å². The van der Waals surface area contributed by atoms with Crippen molar-refractivity contribution in [1.82, 2.24) is 9.78 Å². The minimum atomic E-state index is 0.153. The Morgan fingerprint density at radius 1 is 1.50 bits per heavy atom. The Balaban J connectivity index is 2.68. The molecule has 1 rings (SSSR count). The first-order valence-corrected chi connectivity index (χ1v) is 3.46. The fourth-order valence-corrected chi connectivity index (χ4v) is 0.762. The fraction of sp³-hybridized carbons (Fsp3) is 0.571. The van der Waals surface area contributed by atoms with Crippen LogP contribution < -0.4 is 5.73 Å². The normalized spacial score (nSPS) is 16.7. The molecule has 0 unspecified atom stereocenters. The summed E-state index contributed by atoms with van der Waals surface area (Å²) in [5.74, 6) is 0. The summed E-state index contributed by atoms with van der Waals surface area (Å²) in [5.41, 5.74) is 5.67. The molecule has 0 amide bonds. The molecule has 0 bridgehead atoms. The highest BCUT2D eigenvalue weighted by molar-refractivity contribution is 4.82. The second-order valence-electron chi connectivity index (χ2n) is 2.59. The molecule has 0 aliphatic heterocycles. The number of aromatic nitrogens is 2. The number of hydrogen-bond acceptors (Lipinski definition) is 2. The number of rotatable bonds is 2. The minimum absolute atomic E-state index is 0.153. The van der Waals surface area contributed by atoms with Crippen molar-refractivity contribution in [3.63, 3.8) is 0 Å². The van der Waals surface area contributed by atoms with E-state index in [0.717, 1.165) is 0 Å². The Morgan fingerprint density at radius 3 is 2.60 bits per heavy atom. The quantitative estimate of drug-likeness (QED) is 0.658. The van der Waals surface area contributed by atoms with Crippen molar-refractivity contribution in [1.29, 1.82) is 0 Å². The first-order chi connectivity index (χ1) is 4.72. The van der Waals surface area contributed by atoms with Gasteiger partial charge in [0.1, 0.15) is 0 Å². The molecule has 2 atom stereocenters. The standard InChI is InChI=1S/C7H13N3/c1-6(8)7(2)10-5-3-4-9-10/h3-7H,8H2,1-2H3/t6-,7+/m1/s1. The summed E-state index contributed by atoms with van der Waals surface area (Å²) in [6, 6.07) is 2.34. The van der Waals surface area contributed by atoms with Gasteiger partial charge in [0.05, 0.1) is 6.04 Å². The zero-order valence-corrected chi connectivity index (χ0v) is 6.36. The summed E-state index contributed by atoms with van der Waals surface area (Å²) in [5, 5.41) is 4.07. The second kappa shape index (κ2) is 2.84. The molecule has 0 radical (unpaired) electrons. The Kier molecular flexibility index (Phi) is 2.06. The Hall–Kier alpha value is -0.830. The molecule has 0 aromatic carbocycles. The maximum absolute atomic E-state index is 5.67. The molecule has 2 N–H and O–H groups in total. The Morgan fingerprint density at radius 2 is 2.20 bits per heavy atom. The third kappa shape index (κ3) is 1.36. The van der Waals surface area contributed by atoms with E-state index in [2.05, 4.69) is 12.0 Å². The molecular formula is C7H13N3. The zero-order valence-electron chi connectivity index (χ0n) is 6.36. The van der Waals surface area contributed by atoms with Crippen molar-refractivity contribution in [2.45, 2.75) is 25.9 Å². The molecule has 0 aliphatic rings. The minimum Gasteiger partial charge on any atom is -0.326 e. The molecule has 0 spiro atoms. The van der Waals surface area contributed by atoms with Gasteiger partial charge in [-0.2, -0.15) is 5.10 Å². The Bertz CT molecular complexity index is 179. The highest BCUT2D eigenvalue weighted by Crippen LogP contribution is 2.05. The lowest BCUT2D eigenvalue weighted by atomic mass is 10.2. The maximum atomic E-state index is 5.67. The van der Waals surface area contributed by atoms with Crippen LogP contribution in [-0.4, -0.2) is 15.8 Å². The predicted octanol–water partition coefficient (Wildman–Crippen LogP) is 0.791. The SMILES string of the molecule is C[C@@H](N)[C@H](C)n1cccn1. The largest absolute Gasteiger partial charge is 0.326 e. The third-order valence-corrected chi connectivity index (χ3v) is 1.70. The molecule has 0 fully saturated rings. The van der Waals surface area contributed by atoms with Crippen LogP contribution >= 0.6 is 0 Å². The summed E-state index contributed by atoms with van der Waals surface area (Å²) in [6.45, 7) is 4.03. The monoisotopic (exact) mass is 139 g/mol. The van der Waals surface area contributed by atoms with Crippen molar-refractivity contribution < 1.29 is 0 Å². The van der Waals surface area contributed by atoms with E-state index in [9.17, 15) is 0 Å². The van der Waals surface area contributed by atoms with Crippen molar-refractivity contribution >= 4 is 0 Å². The summed E-state index contributed by atoms with van der Waals surface area (Å²) < 4.78 is 1.87. The van der Waals surface area contributed by atoms with Gasteiger partial charge in [0.25, 0.3) is 0 Å². The van der Waals surface area contributed by atoms with Gasteiger partial charge in [-0.3, -0.25) is 4.68 Å². The molecule has 3 nitrogen and oxygen atoms in total. The van der Waals surface area contributed by atoms with E-state index in [0.29, 0.717) is 0 Å². The molecule has 56 valence electrons. The molecule has 10 heavy (non-hydrogen) atoms. The van der Waals surface area contributed by atoms with E-state index in [1.165, 1.54) is 0 Å². The van der Waals surface area contributed by atoms with Gasteiger partial charge in [0.2, 0.25) is 0 Å². The van der Waals surface area contributed by atoms with Crippen LogP contribution in [0, 0.1) is 0 Å². The lowest BCUT2D eigenvalue weighted by Crippen LogP contribution is -2.27. The van der Waals surface area contributed by atoms with E-state index in [1.807, 2.05) is 23.9 Å². The average Bonchev–Trinajstić information content (AvgIpc) is 2.36. The van der Waals surface area contributed by atoms with Crippen molar-refractivity contribution in [2.75, 3.05) is 0 Å². The number of nitrogens with zero attached hydrogens (tertiary/aromatic N) is 2. The van der Waals surface area contributed by atoms with Crippen LogP contribution in [-0.2, 0) is 0 Å². The molecule has 1 aromatic heterocycles. The van der Waals surface area contributed by atoms with Crippen LogP contribution in [0.25, 0.3) is 0 Å². The van der Waals surface area contributed by atoms with Gasteiger partial charge in [0, 0.05) is 18.4 Å². The van der Waals surface area contributed by atoms with Crippen LogP contribution in [0.5, 0.6) is 0 Å². The van der Waals surface area contributed by atoms with Gasteiger partial charge < -0.3 is 5.73 Å². The Labute approximate surface area is 60.8 Å². The number of nitrogens with two attached hydrogens (primary N) is 1. The van der Waals surface area contributed by atoms with Gasteiger partial charge in [-0.25, -0.2) is 0 Å². The van der Waals surface area contributed by atoms with Crippen LogP contribution in [0.4, 0.5) is 0 Å². The van der Waals surface area contributed by atoms with Gasteiger partial charge in [0.15, 0.2) is 0 Å². The highest BCUT2D eigenvalue weighted by Gasteiger charge is 2.07. The lowest BCUT2D eigenvalue weighted by Gasteiger charge is -2.15. The maximum Gasteiger partial charge on any atom is 0.0639 e. The third-order valence-electron chi connectivity index (χ3n) is 1.70. The van der Waals surface area contributed by atoms with Crippen molar-refractivity contribution in [2.24, 2.45) is 5.73 Å². The molecule has 1 aromatic rings. The van der Waals surface area contributed by atoms with Crippen molar-refractivity contribution in [3.05, 3.63) is 18.5 Å². The molecule has 3 heteroatoms. The number of hydrogen-bond donors (Lipinski definition) is 1. The second-order valence-corrected chi connectivity index (χ2v) is 2.59. The van der Waals surface area contributed by atoms with Gasteiger partial charge in [-0.15, -0.1) is 0 Å². The van der Waals surface area contributed by atoms with E-state index in [-0.39, 0.29) is 12.1 Å². The van der Waals surface area contributed by atoms with Crippen LogP contribution in [0.2, 0.25) is 0 Å². The lowest BCUT2D eigenvalue weighted by molar-refractivity contribution is 0.425. The zero-order chi connectivity index (χ0) is 7.56. The summed E-state index contributed by atoms with van der Waals surface area (Å²) >= 11 is 0. The predicted molar refractivity (Wildman–Crippen MR) is 40.6 cm³/mol. The van der Waals surface area contributed by atoms with E-state index in [1.54, 1.807) is 6.20 Å². The van der Waals surface area contributed by atoms with Gasteiger partial charge in [-0.05, 0) is 19.9 Å². The fourth-order valence-electron chi connectivity index (χ4n) is 0.762. The molecule has 0 saturated heterocycles. The molecule has 0 saturated carbocycles. The van der Waals surface area contributed by atoms with Crippen LogP contribution in [0.3, 0.4) is 0 Å². The average molecular weight is 139 g/mol. The van der Waals surface area contributed by atoms with Gasteiger partial charge >= 0.3 is 0 Å². The van der Waals surface area contributed by atoms with E-state index >= 15 is 0 Å². The smallest absolute Gasteiger partial charge is 0.0639 e. The molecule has 1 heterocycles. The van der Waals surface area contributed by atoms with Crippen molar-refractivity contribution in [3.8, 4) is 0 Å². The summed E-state index contributed by atoms with van der Waals surface area (Å²) in [4.78, 5) is 0. The summed E-state index contributed by atoms with van der Waals surface area (Å²) in [7, 11) is 0. The van der Waals surface area contributed by atoms with Crippen LogP contribution in [0.15, 0.2) is 18.5 Å². The van der Waals surface area contributed by atoms with Gasteiger partial charge in [-0.1, -0.05) is 0 Å². The molecular weight excluding hydrogens is 126 g/mol. The molecule has 0 aliphatic carbocycles. The first-order valence-electron chi connectivity index (χ1n) is 3.46. The topological polar surface area (TPSA) is 43.8 Å².